The zero-order chi connectivity index (χ0) is 6.85. The van der Waals surface area contributed by atoms with E-state index in [-0.39, 0.29) is 11.0 Å². The number of halogens is 2. The Balaban J connectivity index is 3.16. The molecule has 0 aliphatic heterocycles. The van der Waals surface area contributed by atoms with Crippen LogP contribution >= 0.6 is 27.5 Å². The van der Waals surface area contributed by atoms with Crippen LogP contribution in [-0.2, 0) is 0 Å². The molecule has 1 heterocycles. The van der Waals surface area contributed by atoms with Crippen molar-refractivity contribution in [1.82, 2.24) is 0 Å². The zero-order valence-electron chi connectivity index (χ0n) is 4.19. The summed E-state index contributed by atoms with van der Waals surface area (Å²) in [5.74, 6) is 0.215. The van der Waals surface area contributed by atoms with Crippen LogP contribution in [0.4, 0.5) is 0 Å². The average Bonchev–Trinajstić information content (AvgIpc) is 2.13. The van der Waals surface area contributed by atoms with Crippen LogP contribution in [0.15, 0.2) is 15.0 Å². The topological polar surface area (TPSA) is 36.9 Å². The van der Waals surface area contributed by atoms with Gasteiger partial charge in [-0.1, -0.05) is 0 Å². The fourth-order valence-corrected chi connectivity index (χ4v) is 0.828. The van der Waals surface area contributed by atoms with Crippen molar-refractivity contribution in [1.29, 1.82) is 5.26 Å². The first kappa shape index (κ1) is 6.66. The number of nitrogens with zero attached hydrogens (tertiary/aromatic N) is 1. The molecule has 1 aromatic heterocycles. The molecule has 1 aromatic rings. The van der Waals surface area contributed by atoms with Gasteiger partial charge in [0.15, 0.2) is 0 Å². The van der Waals surface area contributed by atoms with Gasteiger partial charge in [-0.25, -0.2) is 0 Å². The number of hydrogen-bond donors (Lipinski definition) is 0. The molecule has 0 atom stereocenters. The molecule has 1 rings (SSSR count). The van der Waals surface area contributed by atoms with Gasteiger partial charge in [-0.2, -0.15) is 5.26 Å². The van der Waals surface area contributed by atoms with E-state index in [9.17, 15) is 0 Å². The van der Waals surface area contributed by atoms with Crippen LogP contribution < -0.4 is 0 Å². The van der Waals surface area contributed by atoms with E-state index < -0.39 is 0 Å². The summed E-state index contributed by atoms with van der Waals surface area (Å²) in [5.41, 5.74) is 0. The molecule has 0 saturated heterocycles. The van der Waals surface area contributed by atoms with E-state index in [1.165, 1.54) is 6.07 Å². The lowest BCUT2D eigenvalue weighted by atomic mass is 10.5. The smallest absolute Gasteiger partial charge is 0.209 e. The molecule has 46 valence electrons. The molecule has 0 fully saturated rings. The Bertz CT molecular complexity index is 243. The molecule has 0 spiro atoms. The Morgan fingerprint density at radius 3 is 2.67 bits per heavy atom. The van der Waals surface area contributed by atoms with Crippen molar-refractivity contribution in [3.8, 4) is 6.07 Å². The van der Waals surface area contributed by atoms with Gasteiger partial charge in [-0.05, 0) is 27.5 Å². The summed E-state index contributed by atoms with van der Waals surface area (Å²) >= 11 is 8.52. The minimum atomic E-state index is 0.214. The van der Waals surface area contributed by atoms with Gasteiger partial charge in [-0.15, -0.1) is 0 Å². The lowest BCUT2D eigenvalue weighted by Crippen LogP contribution is -1.56. The Labute approximate surface area is 65.2 Å². The maximum Gasteiger partial charge on any atom is 0.209 e. The fraction of sp³-hybridized carbons (Fsp3) is 0. The Morgan fingerprint density at radius 2 is 2.44 bits per heavy atom. The predicted octanol–water partition coefficient (Wildman–Crippen LogP) is 2.57. The highest BCUT2D eigenvalue weighted by Crippen LogP contribution is 2.25. The molecular formula is C5HBrClNO. The summed E-state index contributed by atoms with van der Waals surface area (Å²) in [7, 11) is 0. The highest BCUT2D eigenvalue weighted by Gasteiger charge is 2.03. The van der Waals surface area contributed by atoms with E-state index in [2.05, 4.69) is 15.9 Å². The predicted molar refractivity (Wildman–Crippen MR) is 36.1 cm³/mol. The lowest BCUT2D eigenvalue weighted by molar-refractivity contribution is 0.553. The van der Waals surface area contributed by atoms with Crippen LogP contribution in [0.5, 0.6) is 0 Å². The van der Waals surface area contributed by atoms with Crippen LogP contribution in [-0.4, -0.2) is 0 Å². The van der Waals surface area contributed by atoms with E-state index in [4.69, 9.17) is 21.3 Å². The van der Waals surface area contributed by atoms with Crippen molar-refractivity contribution in [2.24, 2.45) is 0 Å². The molecule has 9 heavy (non-hydrogen) atoms. The summed E-state index contributed by atoms with van der Waals surface area (Å²) in [6.07, 6.45) is 0. The molecule has 2 nitrogen and oxygen atoms in total. The van der Waals surface area contributed by atoms with Gasteiger partial charge in [-0.3, -0.25) is 0 Å². The molecule has 0 aliphatic carbocycles. The fourth-order valence-electron chi connectivity index (χ4n) is 0.402. The van der Waals surface area contributed by atoms with Crippen LogP contribution in [0, 0.1) is 11.3 Å². The van der Waals surface area contributed by atoms with Crippen molar-refractivity contribution in [2.75, 3.05) is 0 Å². The van der Waals surface area contributed by atoms with Gasteiger partial charge < -0.3 is 4.42 Å². The quantitative estimate of drug-likeness (QED) is 0.654. The van der Waals surface area contributed by atoms with Crippen molar-refractivity contribution < 1.29 is 4.42 Å². The number of rotatable bonds is 0. The lowest BCUT2D eigenvalue weighted by Gasteiger charge is -1.74. The SMILES string of the molecule is N#Cc1cc(Br)c(Cl)o1. The van der Waals surface area contributed by atoms with Crippen molar-refractivity contribution in [2.45, 2.75) is 0 Å². The molecule has 0 unspecified atom stereocenters. The first-order valence-electron chi connectivity index (χ1n) is 2.09. The molecule has 4 heteroatoms. The Hall–Kier alpha value is -0.460. The first-order chi connectivity index (χ1) is 4.24. The summed E-state index contributed by atoms with van der Waals surface area (Å²) in [6, 6.07) is 3.32. The molecule has 0 bridgehead atoms. The normalized spacial score (nSPS) is 9.00. The van der Waals surface area contributed by atoms with Crippen molar-refractivity contribution in [3.05, 3.63) is 21.5 Å². The molecule has 0 N–H and O–H groups in total. The highest BCUT2D eigenvalue weighted by atomic mass is 79.9. The average molecular weight is 206 g/mol. The summed E-state index contributed by atoms with van der Waals surface area (Å²) in [4.78, 5) is 0. The van der Waals surface area contributed by atoms with Gasteiger partial charge in [0.1, 0.15) is 6.07 Å². The summed E-state index contributed by atoms with van der Waals surface area (Å²) in [6.45, 7) is 0. The second-order valence-corrected chi connectivity index (χ2v) is 2.54. The minimum Gasteiger partial charge on any atom is -0.433 e. The number of hydrogen-bond acceptors (Lipinski definition) is 2. The molecule has 0 amide bonds. The minimum absolute atomic E-state index is 0.214. The van der Waals surface area contributed by atoms with E-state index in [0.717, 1.165) is 0 Å². The third kappa shape index (κ3) is 1.26. The molecule has 0 aliphatic rings. The van der Waals surface area contributed by atoms with Gasteiger partial charge >= 0.3 is 0 Å². The Morgan fingerprint density at radius 1 is 1.78 bits per heavy atom. The van der Waals surface area contributed by atoms with E-state index in [1.54, 1.807) is 0 Å². The summed E-state index contributed by atoms with van der Waals surface area (Å²) in [5, 5.41) is 8.47. The monoisotopic (exact) mass is 205 g/mol. The van der Waals surface area contributed by atoms with Gasteiger partial charge in [0, 0.05) is 6.07 Å². The maximum absolute atomic E-state index is 8.25. The van der Waals surface area contributed by atoms with Crippen molar-refractivity contribution in [3.63, 3.8) is 0 Å². The number of furan rings is 1. The highest BCUT2D eigenvalue weighted by molar-refractivity contribution is 9.10. The second kappa shape index (κ2) is 2.42. The maximum atomic E-state index is 8.25. The molecule has 0 radical (unpaired) electrons. The zero-order valence-corrected chi connectivity index (χ0v) is 6.53. The van der Waals surface area contributed by atoms with E-state index in [0.29, 0.717) is 4.47 Å². The van der Waals surface area contributed by atoms with Gasteiger partial charge in [0.25, 0.3) is 0 Å². The van der Waals surface area contributed by atoms with Crippen LogP contribution in [0.25, 0.3) is 0 Å². The first-order valence-corrected chi connectivity index (χ1v) is 3.26. The van der Waals surface area contributed by atoms with E-state index >= 15 is 0 Å². The molecule has 0 saturated carbocycles. The molecular weight excluding hydrogens is 205 g/mol. The van der Waals surface area contributed by atoms with Crippen LogP contribution in [0.2, 0.25) is 5.22 Å². The third-order valence-electron chi connectivity index (χ3n) is 0.755. The van der Waals surface area contributed by atoms with Gasteiger partial charge in [0.2, 0.25) is 11.0 Å². The van der Waals surface area contributed by atoms with E-state index in [1.807, 2.05) is 6.07 Å². The summed E-state index contributed by atoms with van der Waals surface area (Å²) < 4.78 is 5.33. The van der Waals surface area contributed by atoms with Crippen molar-refractivity contribution >= 4 is 27.5 Å². The number of nitriles is 1. The van der Waals surface area contributed by atoms with Gasteiger partial charge in [0.05, 0.1) is 4.47 Å². The Kier molecular flexibility index (Phi) is 1.79. The second-order valence-electron chi connectivity index (χ2n) is 1.34. The van der Waals surface area contributed by atoms with Crippen LogP contribution in [0.1, 0.15) is 5.76 Å². The molecule has 0 aromatic carbocycles. The van der Waals surface area contributed by atoms with Crippen LogP contribution in [0.3, 0.4) is 0 Å². The third-order valence-corrected chi connectivity index (χ3v) is 1.85. The largest absolute Gasteiger partial charge is 0.433 e. The standard InChI is InChI=1S/C5HBrClNO/c6-4-1-3(2-8)9-5(4)7/h1H.